The fourth-order valence-electron chi connectivity index (χ4n) is 8.68. The predicted molar refractivity (Wildman–Crippen MR) is 312 cm³/mol. The minimum Gasteiger partial charge on any atom is -0.462 e. The van der Waals surface area contributed by atoms with Gasteiger partial charge in [0.1, 0.15) is 19.3 Å². The van der Waals surface area contributed by atoms with Gasteiger partial charge in [0.25, 0.3) is 0 Å². The summed E-state index contributed by atoms with van der Waals surface area (Å²) < 4.78 is 67.6. The number of unbranched alkanes of at least 4 members (excludes halogenated alkanes) is 23. The molecule has 0 aromatic heterocycles. The molecule has 0 aliphatic carbocycles. The van der Waals surface area contributed by atoms with E-state index in [9.17, 15) is 43.2 Å². The van der Waals surface area contributed by atoms with Gasteiger partial charge in [-0.05, 0) is 43.4 Å². The highest BCUT2D eigenvalue weighted by Gasteiger charge is 2.30. The first-order valence-electron chi connectivity index (χ1n) is 31.5. The van der Waals surface area contributed by atoms with Crippen LogP contribution in [-0.2, 0) is 65.4 Å². The summed E-state index contributed by atoms with van der Waals surface area (Å²) in [6.07, 6.45) is 31.1. The van der Waals surface area contributed by atoms with Gasteiger partial charge in [0.15, 0.2) is 12.2 Å². The molecule has 0 heterocycles. The average molecular weight is 1170 g/mol. The molecule has 0 radical (unpaired) electrons. The first kappa shape index (κ1) is 77.1. The Kier molecular flexibility index (Phi) is 50.4. The minimum absolute atomic E-state index is 0.101. The van der Waals surface area contributed by atoms with Crippen LogP contribution in [0.25, 0.3) is 0 Å². The maximum absolute atomic E-state index is 12.9. The Bertz CT molecular complexity index is 1590. The lowest BCUT2D eigenvalue weighted by Gasteiger charge is -2.21. The van der Waals surface area contributed by atoms with Gasteiger partial charge in [-0.1, -0.05) is 235 Å². The highest BCUT2D eigenvalue weighted by atomic mass is 31.2. The molecule has 0 saturated carbocycles. The van der Waals surface area contributed by atoms with E-state index in [1.807, 2.05) is 0 Å². The number of aliphatic hydroxyl groups is 1. The molecule has 17 nitrogen and oxygen atoms in total. The lowest BCUT2D eigenvalue weighted by atomic mass is 9.99. The fourth-order valence-corrected chi connectivity index (χ4v) is 10.3. The number of phosphoric acid groups is 2. The highest BCUT2D eigenvalue weighted by molar-refractivity contribution is 7.47. The Morgan fingerprint density at radius 3 is 0.899 bits per heavy atom. The predicted octanol–water partition coefficient (Wildman–Crippen LogP) is 15.9. The van der Waals surface area contributed by atoms with E-state index in [0.717, 1.165) is 120 Å². The number of aliphatic hydroxyl groups excluding tert-OH is 1. The van der Waals surface area contributed by atoms with Crippen molar-refractivity contribution in [2.24, 2.45) is 17.8 Å². The molecule has 0 aromatic rings. The smallest absolute Gasteiger partial charge is 0.462 e. The van der Waals surface area contributed by atoms with Gasteiger partial charge in [0, 0.05) is 25.7 Å². The summed E-state index contributed by atoms with van der Waals surface area (Å²) >= 11 is 0. The normalized spacial score (nSPS) is 15.5. The van der Waals surface area contributed by atoms with Crippen LogP contribution in [-0.4, -0.2) is 96.7 Å². The molecule has 5 unspecified atom stereocenters. The number of phosphoric ester groups is 2. The Labute approximate surface area is 479 Å². The van der Waals surface area contributed by atoms with Crippen LogP contribution < -0.4 is 0 Å². The van der Waals surface area contributed by atoms with Crippen molar-refractivity contribution in [2.45, 2.75) is 304 Å². The standard InChI is InChI=1S/C60H116O17P2/c1-8-12-13-24-34-41-57(62)70-47-55(77-60(65)44-37-30-23-21-27-33-40-53(7)11-4)49-74-78(66,67)72-45-54(61)46-73-79(68,69)75-50-56(48-71-58(63)42-35-28-22-20-26-32-39-52(6)10-3)76-59(64)43-36-29-19-17-15-14-16-18-25-31-38-51(5)9-2/h51-56,61H,8-50H2,1-7H3,(H,66,67)(H,68,69)/t51?,52?,53?,54-,55+,56+/m0/s1. The lowest BCUT2D eigenvalue weighted by Crippen LogP contribution is -2.30. The van der Waals surface area contributed by atoms with Crippen LogP contribution >= 0.6 is 15.6 Å². The molecular weight excluding hydrogens is 1050 g/mol. The van der Waals surface area contributed by atoms with E-state index in [-0.39, 0.29) is 25.7 Å². The summed E-state index contributed by atoms with van der Waals surface area (Å²) in [5.41, 5.74) is 0. The molecule has 0 spiro atoms. The maximum atomic E-state index is 12.9. The third-order valence-electron chi connectivity index (χ3n) is 14.7. The van der Waals surface area contributed by atoms with E-state index in [4.69, 9.17) is 37.0 Å². The van der Waals surface area contributed by atoms with Gasteiger partial charge in [-0.25, -0.2) is 9.13 Å². The van der Waals surface area contributed by atoms with Crippen LogP contribution in [0.3, 0.4) is 0 Å². The van der Waals surface area contributed by atoms with Gasteiger partial charge in [0.2, 0.25) is 0 Å². The molecule has 0 aliphatic rings. The van der Waals surface area contributed by atoms with E-state index in [1.54, 1.807) is 0 Å². The molecule has 19 heteroatoms. The van der Waals surface area contributed by atoms with Gasteiger partial charge >= 0.3 is 39.5 Å². The Hall–Kier alpha value is -1.94. The third-order valence-corrected chi connectivity index (χ3v) is 16.6. The maximum Gasteiger partial charge on any atom is 0.472 e. The van der Waals surface area contributed by atoms with Crippen molar-refractivity contribution in [3.05, 3.63) is 0 Å². The summed E-state index contributed by atoms with van der Waals surface area (Å²) in [4.78, 5) is 71.8. The summed E-state index contributed by atoms with van der Waals surface area (Å²) in [5, 5.41) is 10.5. The molecule has 468 valence electrons. The van der Waals surface area contributed by atoms with Crippen molar-refractivity contribution in [3.63, 3.8) is 0 Å². The quantitative estimate of drug-likeness (QED) is 0.0222. The van der Waals surface area contributed by atoms with Crippen LogP contribution in [0.1, 0.15) is 286 Å². The zero-order valence-corrected chi connectivity index (χ0v) is 52.6. The van der Waals surface area contributed by atoms with Crippen LogP contribution in [0.5, 0.6) is 0 Å². The van der Waals surface area contributed by atoms with E-state index in [0.29, 0.717) is 25.7 Å². The molecule has 0 aromatic carbocycles. The second-order valence-corrected chi connectivity index (χ2v) is 25.4. The topological polar surface area (TPSA) is 237 Å². The second kappa shape index (κ2) is 51.7. The monoisotopic (exact) mass is 1170 g/mol. The number of ether oxygens (including phenoxy) is 4. The van der Waals surface area contributed by atoms with Gasteiger partial charge in [0.05, 0.1) is 26.4 Å². The SMILES string of the molecule is CCCCCCCC(=O)OC[C@H](COP(=O)(O)OC[C@H](O)COP(=O)(O)OC[C@@H](COC(=O)CCCCCCCCC(C)CC)OC(=O)CCCCCCCCCCCCC(C)CC)OC(=O)CCCCCCCCC(C)CC. The molecule has 0 fully saturated rings. The first-order valence-corrected chi connectivity index (χ1v) is 34.5. The van der Waals surface area contributed by atoms with E-state index >= 15 is 0 Å². The summed E-state index contributed by atoms with van der Waals surface area (Å²) in [6.45, 7) is 11.6. The van der Waals surface area contributed by atoms with Crippen molar-refractivity contribution < 1.29 is 80.2 Å². The summed E-state index contributed by atoms with van der Waals surface area (Å²) in [5.74, 6) is 0.0992. The highest BCUT2D eigenvalue weighted by Crippen LogP contribution is 2.45. The zero-order chi connectivity index (χ0) is 58.8. The molecule has 8 atom stereocenters. The molecule has 0 bridgehead atoms. The fraction of sp³-hybridized carbons (Fsp3) is 0.933. The third kappa shape index (κ3) is 51.4. The van der Waals surface area contributed by atoms with Crippen LogP contribution in [0.15, 0.2) is 0 Å². The van der Waals surface area contributed by atoms with Crippen molar-refractivity contribution in [3.8, 4) is 0 Å². The first-order chi connectivity index (χ1) is 37.8. The van der Waals surface area contributed by atoms with Gasteiger partial charge in [-0.15, -0.1) is 0 Å². The lowest BCUT2D eigenvalue weighted by molar-refractivity contribution is -0.161. The van der Waals surface area contributed by atoms with E-state index in [2.05, 4.69) is 48.5 Å². The molecule has 0 amide bonds. The molecular formula is C60H116O17P2. The van der Waals surface area contributed by atoms with Gasteiger partial charge in [-0.3, -0.25) is 37.3 Å². The van der Waals surface area contributed by atoms with E-state index < -0.39 is 97.5 Å². The summed E-state index contributed by atoms with van der Waals surface area (Å²) in [7, 11) is -9.87. The number of rotatable bonds is 58. The van der Waals surface area contributed by atoms with Crippen LogP contribution in [0, 0.1) is 17.8 Å². The van der Waals surface area contributed by atoms with Gasteiger partial charge in [-0.2, -0.15) is 0 Å². The zero-order valence-electron chi connectivity index (χ0n) is 50.8. The van der Waals surface area contributed by atoms with Crippen molar-refractivity contribution >= 4 is 39.5 Å². The average Bonchev–Trinajstić information content (AvgIpc) is 3.42. The molecule has 3 N–H and O–H groups in total. The van der Waals surface area contributed by atoms with E-state index in [1.165, 1.54) is 83.5 Å². The van der Waals surface area contributed by atoms with Crippen LogP contribution in [0.2, 0.25) is 0 Å². The second-order valence-electron chi connectivity index (χ2n) is 22.5. The van der Waals surface area contributed by atoms with Crippen molar-refractivity contribution in [2.75, 3.05) is 39.6 Å². The number of carbonyl (C=O) groups excluding carboxylic acids is 4. The number of carbonyl (C=O) groups is 4. The Morgan fingerprint density at radius 1 is 0.354 bits per heavy atom. The molecule has 0 aliphatic heterocycles. The molecule has 0 rings (SSSR count). The Balaban J connectivity index is 5.20. The Morgan fingerprint density at radius 2 is 0.608 bits per heavy atom. The van der Waals surface area contributed by atoms with Gasteiger partial charge < -0.3 is 33.8 Å². The molecule has 0 saturated heterocycles. The van der Waals surface area contributed by atoms with Crippen molar-refractivity contribution in [1.82, 2.24) is 0 Å². The number of hydrogen-bond donors (Lipinski definition) is 3. The number of hydrogen-bond acceptors (Lipinski definition) is 15. The largest absolute Gasteiger partial charge is 0.472 e. The number of esters is 4. The molecule has 79 heavy (non-hydrogen) atoms. The summed E-state index contributed by atoms with van der Waals surface area (Å²) in [6, 6.07) is 0. The van der Waals surface area contributed by atoms with Crippen molar-refractivity contribution in [1.29, 1.82) is 0 Å². The minimum atomic E-state index is -4.94. The van der Waals surface area contributed by atoms with Crippen LogP contribution in [0.4, 0.5) is 0 Å².